The second kappa shape index (κ2) is 8.47. The number of ether oxygens (including phenoxy) is 2. The van der Waals surface area contributed by atoms with Gasteiger partial charge in [-0.2, -0.15) is 5.26 Å². The third-order valence-corrected chi connectivity index (χ3v) is 5.96. The van der Waals surface area contributed by atoms with Crippen LogP contribution in [0, 0.1) is 11.3 Å². The second-order valence-electron chi connectivity index (χ2n) is 6.69. The van der Waals surface area contributed by atoms with E-state index >= 15 is 0 Å². The number of nitrogens with zero attached hydrogens (tertiary/aromatic N) is 1. The maximum absolute atomic E-state index is 12.7. The molecule has 0 saturated carbocycles. The van der Waals surface area contributed by atoms with Crippen molar-refractivity contribution in [3.8, 4) is 17.6 Å². The summed E-state index contributed by atoms with van der Waals surface area (Å²) in [5.74, 6) is 0.698. The van der Waals surface area contributed by atoms with Gasteiger partial charge >= 0.3 is 0 Å². The van der Waals surface area contributed by atoms with Crippen LogP contribution < -0.4 is 19.5 Å². The first-order valence-corrected chi connectivity index (χ1v) is 10.7. The van der Waals surface area contributed by atoms with Crippen molar-refractivity contribution in [1.82, 2.24) is 4.72 Å². The first-order valence-electron chi connectivity index (χ1n) is 9.24. The lowest BCUT2D eigenvalue weighted by atomic mass is 10.2. The van der Waals surface area contributed by atoms with Gasteiger partial charge in [-0.3, -0.25) is 4.79 Å². The van der Waals surface area contributed by atoms with E-state index in [1.165, 1.54) is 30.3 Å². The Balaban J connectivity index is 1.47. The molecular formula is C22H17N3O5S. The molecule has 3 aromatic rings. The predicted molar refractivity (Wildman–Crippen MR) is 112 cm³/mol. The smallest absolute Gasteiger partial charge is 0.255 e. The van der Waals surface area contributed by atoms with Crippen molar-refractivity contribution in [3.05, 3.63) is 83.4 Å². The monoisotopic (exact) mass is 435 g/mol. The minimum atomic E-state index is -3.86. The van der Waals surface area contributed by atoms with Crippen LogP contribution in [-0.2, 0) is 16.6 Å². The van der Waals surface area contributed by atoms with Crippen LogP contribution in [0.15, 0.2) is 71.6 Å². The van der Waals surface area contributed by atoms with Crippen LogP contribution in [-0.4, -0.2) is 21.1 Å². The number of fused-ring (bicyclic) bond motifs is 1. The molecule has 1 aliphatic heterocycles. The third kappa shape index (κ3) is 4.66. The fourth-order valence-corrected chi connectivity index (χ4v) is 4.05. The summed E-state index contributed by atoms with van der Waals surface area (Å²) in [6.07, 6.45) is 0. The lowest BCUT2D eigenvalue weighted by Gasteiger charge is -2.10. The normalized spacial score (nSPS) is 12.2. The zero-order valence-corrected chi connectivity index (χ0v) is 17.0. The molecule has 0 spiro atoms. The summed E-state index contributed by atoms with van der Waals surface area (Å²) in [5.41, 5.74) is 1.73. The largest absolute Gasteiger partial charge is 0.454 e. The average molecular weight is 435 g/mol. The van der Waals surface area contributed by atoms with Crippen LogP contribution in [0.3, 0.4) is 0 Å². The number of carbonyl (C=O) groups excluding carboxylic acids is 1. The van der Waals surface area contributed by atoms with Gasteiger partial charge in [0.2, 0.25) is 16.8 Å². The Hall–Kier alpha value is -3.87. The number of hydrogen-bond donors (Lipinski definition) is 2. The van der Waals surface area contributed by atoms with Crippen molar-refractivity contribution in [2.45, 2.75) is 11.4 Å². The third-order valence-electron chi connectivity index (χ3n) is 4.56. The number of nitrogens with one attached hydrogen (secondary N) is 2. The van der Waals surface area contributed by atoms with Crippen LogP contribution in [0.4, 0.5) is 5.69 Å². The molecule has 8 nitrogen and oxygen atoms in total. The quantitative estimate of drug-likeness (QED) is 0.615. The zero-order chi connectivity index (χ0) is 21.8. The molecule has 0 aromatic heterocycles. The molecule has 4 rings (SSSR count). The number of hydrogen-bond acceptors (Lipinski definition) is 6. The van der Waals surface area contributed by atoms with Crippen molar-refractivity contribution in [2.75, 3.05) is 12.1 Å². The van der Waals surface area contributed by atoms with Gasteiger partial charge in [-0.1, -0.05) is 18.2 Å². The van der Waals surface area contributed by atoms with Crippen molar-refractivity contribution in [3.63, 3.8) is 0 Å². The number of carbonyl (C=O) groups is 1. The van der Waals surface area contributed by atoms with Gasteiger partial charge in [-0.25, -0.2) is 13.1 Å². The van der Waals surface area contributed by atoms with Gasteiger partial charge in [-0.05, 0) is 54.1 Å². The van der Waals surface area contributed by atoms with Crippen LogP contribution >= 0.6 is 0 Å². The van der Waals surface area contributed by atoms with E-state index in [0.717, 1.165) is 0 Å². The maximum atomic E-state index is 12.7. The van der Waals surface area contributed by atoms with E-state index in [0.29, 0.717) is 28.3 Å². The Labute approximate surface area is 179 Å². The molecule has 0 aliphatic carbocycles. The molecular weight excluding hydrogens is 418 g/mol. The van der Waals surface area contributed by atoms with Crippen LogP contribution in [0.25, 0.3) is 0 Å². The molecule has 3 aromatic carbocycles. The van der Waals surface area contributed by atoms with Gasteiger partial charge in [0, 0.05) is 17.8 Å². The summed E-state index contributed by atoms with van der Waals surface area (Å²) in [6.45, 7) is 0.191. The van der Waals surface area contributed by atoms with Gasteiger partial charge in [0.15, 0.2) is 11.5 Å². The molecule has 9 heteroatoms. The highest BCUT2D eigenvalue weighted by Crippen LogP contribution is 2.32. The van der Waals surface area contributed by atoms with Crippen LogP contribution in [0.1, 0.15) is 21.5 Å². The van der Waals surface area contributed by atoms with Gasteiger partial charge in [-0.15, -0.1) is 0 Å². The molecule has 0 atom stereocenters. The molecule has 0 unspecified atom stereocenters. The number of benzene rings is 3. The summed E-state index contributed by atoms with van der Waals surface area (Å²) in [5, 5.41) is 11.6. The van der Waals surface area contributed by atoms with E-state index in [9.17, 15) is 13.2 Å². The standard InChI is InChI=1S/C22H17N3O5S/c23-12-15-3-1-5-18(9-15)25-22(26)17-4-2-6-19(11-17)31(27,28)24-13-16-7-8-20-21(10-16)30-14-29-20/h1-11,24H,13-14H2,(H,25,26). The van der Waals surface area contributed by atoms with E-state index in [1.54, 1.807) is 36.4 Å². The van der Waals surface area contributed by atoms with Crippen molar-refractivity contribution in [1.29, 1.82) is 5.26 Å². The summed E-state index contributed by atoms with van der Waals surface area (Å²) < 4.78 is 38.5. The van der Waals surface area contributed by atoms with Crippen LogP contribution in [0.2, 0.25) is 0 Å². The van der Waals surface area contributed by atoms with Crippen molar-refractivity contribution < 1.29 is 22.7 Å². The number of amides is 1. The zero-order valence-electron chi connectivity index (χ0n) is 16.2. The summed E-state index contributed by atoms with van der Waals surface area (Å²) in [7, 11) is -3.86. The lowest BCUT2D eigenvalue weighted by molar-refractivity contribution is 0.102. The molecule has 156 valence electrons. The minimum Gasteiger partial charge on any atom is -0.454 e. The van der Waals surface area contributed by atoms with Gasteiger partial charge in [0.05, 0.1) is 16.5 Å². The van der Waals surface area contributed by atoms with Crippen LogP contribution in [0.5, 0.6) is 11.5 Å². The highest BCUT2D eigenvalue weighted by atomic mass is 32.2. The molecule has 0 saturated heterocycles. The Morgan fingerprint density at radius 1 is 1.00 bits per heavy atom. The van der Waals surface area contributed by atoms with Gasteiger partial charge < -0.3 is 14.8 Å². The average Bonchev–Trinajstić information content (AvgIpc) is 3.26. The maximum Gasteiger partial charge on any atom is 0.255 e. The molecule has 1 heterocycles. The summed E-state index contributed by atoms with van der Waals surface area (Å²) in [6, 6.07) is 19.3. The SMILES string of the molecule is N#Cc1cccc(NC(=O)c2cccc(S(=O)(=O)NCc3ccc4c(c3)OCO4)c2)c1. The summed E-state index contributed by atoms with van der Waals surface area (Å²) in [4.78, 5) is 12.5. The number of sulfonamides is 1. The minimum absolute atomic E-state index is 0.0355. The van der Waals surface area contributed by atoms with Crippen molar-refractivity contribution >= 4 is 21.6 Å². The lowest BCUT2D eigenvalue weighted by Crippen LogP contribution is -2.23. The molecule has 0 radical (unpaired) electrons. The van der Waals surface area contributed by atoms with E-state index < -0.39 is 15.9 Å². The highest BCUT2D eigenvalue weighted by Gasteiger charge is 2.18. The Bertz CT molecular complexity index is 1300. The second-order valence-corrected chi connectivity index (χ2v) is 8.45. The Kier molecular flexibility index (Phi) is 5.58. The number of anilines is 1. The summed E-state index contributed by atoms with van der Waals surface area (Å²) >= 11 is 0. The Morgan fingerprint density at radius 3 is 2.65 bits per heavy atom. The van der Waals surface area contributed by atoms with E-state index in [4.69, 9.17) is 14.7 Å². The molecule has 1 aliphatic rings. The van der Waals surface area contributed by atoms with E-state index in [1.807, 2.05) is 6.07 Å². The highest BCUT2D eigenvalue weighted by molar-refractivity contribution is 7.89. The molecule has 0 bridgehead atoms. The first-order chi connectivity index (χ1) is 14.9. The number of rotatable bonds is 6. The van der Waals surface area contributed by atoms with E-state index in [-0.39, 0.29) is 23.8 Å². The predicted octanol–water partition coefficient (Wildman–Crippen LogP) is 3.02. The fourth-order valence-electron chi connectivity index (χ4n) is 2.99. The molecule has 31 heavy (non-hydrogen) atoms. The van der Waals surface area contributed by atoms with Gasteiger partial charge in [0.25, 0.3) is 5.91 Å². The molecule has 2 N–H and O–H groups in total. The van der Waals surface area contributed by atoms with Gasteiger partial charge in [0.1, 0.15) is 0 Å². The first kappa shape index (κ1) is 20.4. The molecule has 1 amide bonds. The van der Waals surface area contributed by atoms with Crippen molar-refractivity contribution in [2.24, 2.45) is 0 Å². The fraction of sp³-hybridized carbons (Fsp3) is 0.0909. The Morgan fingerprint density at radius 2 is 1.81 bits per heavy atom. The number of nitriles is 1. The molecule has 0 fully saturated rings. The topological polar surface area (TPSA) is 118 Å². The van der Waals surface area contributed by atoms with E-state index in [2.05, 4.69) is 10.0 Å².